The number of rotatable bonds is 8. The number of anilines is 1. The fourth-order valence-corrected chi connectivity index (χ4v) is 2.81. The summed E-state index contributed by atoms with van der Waals surface area (Å²) >= 11 is 5.83. The topological polar surface area (TPSA) is 37.4 Å². The van der Waals surface area contributed by atoms with Gasteiger partial charge in [-0.3, -0.25) is 9.59 Å². The fourth-order valence-electron chi connectivity index (χ4n) is 2.53. The Morgan fingerprint density at radius 3 is 1.91 bits per heavy atom. The first kappa shape index (κ1) is 16.8. The summed E-state index contributed by atoms with van der Waals surface area (Å²) in [4.78, 5) is 25.2. The van der Waals surface area contributed by atoms with E-state index >= 15 is 0 Å². The van der Waals surface area contributed by atoms with Crippen LogP contribution in [0.15, 0.2) is 33.9 Å². The summed E-state index contributed by atoms with van der Waals surface area (Å²) in [5, 5.41) is 0.0616. The van der Waals surface area contributed by atoms with E-state index in [0.29, 0.717) is 5.56 Å². The standard InChI is InChI=1S/C18H22ClNO2/c1-3-5-11-20(12-6-4-2)14-9-7-13(8-10-14)15-16(19)18(22)17(15)21/h7-10H,3-6,11-12H2,1-2H3. The minimum Gasteiger partial charge on any atom is -0.372 e. The van der Waals surface area contributed by atoms with Crippen molar-refractivity contribution < 1.29 is 0 Å². The van der Waals surface area contributed by atoms with Gasteiger partial charge in [0.05, 0.1) is 5.56 Å². The van der Waals surface area contributed by atoms with Gasteiger partial charge in [-0.25, -0.2) is 0 Å². The van der Waals surface area contributed by atoms with Gasteiger partial charge < -0.3 is 4.90 Å². The SMILES string of the molecule is CCCCN(CCCC)c1ccc(-c2c(Cl)c(=O)c2=O)cc1. The Morgan fingerprint density at radius 2 is 1.45 bits per heavy atom. The Balaban J connectivity index is 2.18. The average molecular weight is 320 g/mol. The summed E-state index contributed by atoms with van der Waals surface area (Å²) in [6.45, 7) is 6.46. The van der Waals surface area contributed by atoms with E-state index in [-0.39, 0.29) is 5.02 Å². The lowest BCUT2D eigenvalue weighted by Gasteiger charge is -2.25. The largest absolute Gasteiger partial charge is 0.372 e. The summed E-state index contributed by atoms with van der Waals surface area (Å²) in [6, 6.07) is 7.77. The Kier molecular flexibility index (Phi) is 5.78. The average Bonchev–Trinajstić information content (AvgIpc) is 2.55. The van der Waals surface area contributed by atoms with E-state index in [1.165, 1.54) is 12.8 Å². The lowest BCUT2D eigenvalue weighted by molar-refractivity contribution is 0.678. The molecule has 4 heteroatoms. The third-order valence-corrected chi connectivity index (χ3v) is 4.30. The normalized spacial score (nSPS) is 11.0. The van der Waals surface area contributed by atoms with Crippen LogP contribution >= 0.6 is 11.6 Å². The lowest BCUT2D eigenvalue weighted by atomic mass is 10.0. The molecule has 0 radical (unpaired) electrons. The van der Waals surface area contributed by atoms with Crippen LogP contribution in [0.3, 0.4) is 0 Å². The van der Waals surface area contributed by atoms with Crippen molar-refractivity contribution in [3.63, 3.8) is 0 Å². The first-order valence-corrected chi connectivity index (χ1v) is 8.32. The minimum absolute atomic E-state index is 0.0616. The molecule has 0 unspecified atom stereocenters. The maximum atomic E-state index is 11.6. The molecule has 2 rings (SSSR count). The van der Waals surface area contributed by atoms with Crippen molar-refractivity contribution in [3.8, 4) is 11.1 Å². The van der Waals surface area contributed by atoms with Crippen LogP contribution < -0.4 is 15.8 Å². The molecule has 0 bridgehead atoms. The van der Waals surface area contributed by atoms with Crippen molar-refractivity contribution in [1.29, 1.82) is 0 Å². The van der Waals surface area contributed by atoms with Gasteiger partial charge >= 0.3 is 0 Å². The third-order valence-electron chi connectivity index (χ3n) is 3.94. The Bertz CT molecular complexity index is 676. The Hall–Kier alpha value is -1.61. The molecule has 118 valence electrons. The van der Waals surface area contributed by atoms with E-state index in [1.54, 1.807) is 0 Å². The molecule has 0 atom stereocenters. The summed E-state index contributed by atoms with van der Waals surface area (Å²) in [6.07, 6.45) is 4.66. The van der Waals surface area contributed by atoms with Gasteiger partial charge in [-0.05, 0) is 30.5 Å². The van der Waals surface area contributed by atoms with Gasteiger partial charge in [0.25, 0.3) is 0 Å². The third kappa shape index (κ3) is 3.41. The van der Waals surface area contributed by atoms with Gasteiger partial charge in [0, 0.05) is 18.8 Å². The number of benzene rings is 1. The van der Waals surface area contributed by atoms with Gasteiger partial charge in [0.2, 0.25) is 10.9 Å². The van der Waals surface area contributed by atoms with Gasteiger partial charge in [0.15, 0.2) is 0 Å². The molecular weight excluding hydrogens is 298 g/mol. The zero-order chi connectivity index (χ0) is 16.1. The number of unbranched alkanes of at least 4 members (excludes halogenated alkanes) is 2. The van der Waals surface area contributed by atoms with Crippen LogP contribution in [0.4, 0.5) is 5.69 Å². The molecule has 22 heavy (non-hydrogen) atoms. The van der Waals surface area contributed by atoms with Gasteiger partial charge in [-0.15, -0.1) is 0 Å². The molecule has 0 saturated carbocycles. The number of halogens is 1. The molecule has 0 heterocycles. The molecule has 0 aliphatic carbocycles. The zero-order valence-electron chi connectivity index (χ0n) is 13.2. The summed E-state index contributed by atoms with van der Waals surface area (Å²) in [5.41, 5.74) is 1.18. The number of hydrogen-bond acceptors (Lipinski definition) is 3. The van der Waals surface area contributed by atoms with Gasteiger partial charge in [-0.2, -0.15) is 0 Å². The highest BCUT2D eigenvalue weighted by molar-refractivity contribution is 6.34. The Morgan fingerprint density at radius 1 is 0.909 bits per heavy atom. The molecule has 0 saturated heterocycles. The smallest absolute Gasteiger partial charge is 0.245 e. The highest BCUT2D eigenvalue weighted by atomic mass is 35.5. The van der Waals surface area contributed by atoms with Crippen molar-refractivity contribution in [2.45, 2.75) is 39.5 Å². The van der Waals surface area contributed by atoms with Crippen molar-refractivity contribution in [2.24, 2.45) is 0 Å². The number of hydrogen-bond donors (Lipinski definition) is 0. The zero-order valence-corrected chi connectivity index (χ0v) is 13.9. The van der Waals surface area contributed by atoms with E-state index in [9.17, 15) is 9.59 Å². The van der Waals surface area contributed by atoms with Crippen LogP contribution in [-0.4, -0.2) is 13.1 Å². The maximum absolute atomic E-state index is 11.6. The molecule has 0 aliphatic rings. The van der Waals surface area contributed by atoms with E-state index in [1.807, 2.05) is 24.3 Å². The molecule has 0 N–H and O–H groups in total. The number of nitrogens with zero attached hydrogens (tertiary/aromatic N) is 1. The van der Waals surface area contributed by atoms with Crippen molar-refractivity contribution in [3.05, 3.63) is 49.7 Å². The first-order valence-electron chi connectivity index (χ1n) is 7.94. The molecular formula is C18H22ClNO2. The molecule has 2 aromatic carbocycles. The van der Waals surface area contributed by atoms with Crippen LogP contribution in [-0.2, 0) is 0 Å². The van der Waals surface area contributed by atoms with Crippen LogP contribution in [0.1, 0.15) is 39.5 Å². The van der Waals surface area contributed by atoms with Crippen LogP contribution in [0.25, 0.3) is 11.1 Å². The first-order chi connectivity index (χ1) is 10.6. The van der Waals surface area contributed by atoms with Gasteiger partial charge in [0.1, 0.15) is 5.02 Å². The summed E-state index contributed by atoms with van der Waals surface area (Å²) in [5.74, 6) is 0. The van der Waals surface area contributed by atoms with E-state index in [0.717, 1.165) is 37.2 Å². The van der Waals surface area contributed by atoms with Crippen LogP contribution in [0.2, 0.25) is 5.02 Å². The van der Waals surface area contributed by atoms with Crippen LogP contribution in [0, 0.1) is 0 Å². The summed E-state index contributed by atoms with van der Waals surface area (Å²) in [7, 11) is 0. The van der Waals surface area contributed by atoms with Gasteiger partial charge in [-0.1, -0.05) is 50.4 Å². The Labute approximate surface area is 136 Å². The molecule has 2 aromatic rings. The fraction of sp³-hybridized carbons (Fsp3) is 0.444. The predicted molar refractivity (Wildman–Crippen MR) is 93.8 cm³/mol. The molecule has 0 amide bonds. The minimum atomic E-state index is -0.576. The quantitative estimate of drug-likeness (QED) is 0.690. The second-order valence-corrected chi connectivity index (χ2v) is 5.97. The molecule has 3 nitrogen and oxygen atoms in total. The summed E-state index contributed by atoms with van der Waals surface area (Å²) < 4.78 is 0. The molecule has 0 aliphatic heterocycles. The second kappa shape index (κ2) is 7.59. The molecule has 0 fully saturated rings. The monoisotopic (exact) mass is 319 g/mol. The van der Waals surface area contributed by atoms with Crippen molar-refractivity contribution >= 4 is 17.3 Å². The lowest BCUT2D eigenvalue weighted by Crippen LogP contribution is -2.33. The van der Waals surface area contributed by atoms with E-state index < -0.39 is 10.9 Å². The van der Waals surface area contributed by atoms with Crippen molar-refractivity contribution in [2.75, 3.05) is 18.0 Å². The molecule has 0 spiro atoms. The van der Waals surface area contributed by atoms with Crippen molar-refractivity contribution in [1.82, 2.24) is 0 Å². The second-order valence-electron chi connectivity index (χ2n) is 5.59. The van der Waals surface area contributed by atoms with E-state index in [4.69, 9.17) is 11.6 Å². The van der Waals surface area contributed by atoms with Crippen LogP contribution in [0.5, 0.6) is 0 Å². The highest BCUT2D eigenvalue weighted by Crippen LogP contribution is 2.26. The highest BCUT2D eigenvalue weighted by Gasteiger charge is 2.20. The van der Waals surface area contributed by atoms with E-state index in [2.05, 4.69) is 18.7 Å². The predicted octanol–water partition coefficient (Wildman–Crippen LogP) is 4.01. The maximum Gasteiger partial charge on any atom is 0.245 e. The molecule has 0 aromatic heterocycles.